The fourth-order valence-corrected chi connectivity index (χ4v) is 2.77. The molecule has 0 saturated heterocycles. The van der Waals surface area contributed by atoms with E-state index in [4.69, 9.17) is 9.47 Å². The molecule has 0 bridgehead atoms. The van der Waals surface area contributed by atoms with Gasteiger partial charge in [0.1, 0.15) is 18.2 Å². The molecule has 0 aliphatic heterocycles. The van der Waals surface area contributed by atoms with Gasteiger partial charge in [0, 0.05) is 24.3 Å². The number of rotatable bonds is 7. The number of ketones is 1. The monoisotopic (exact) mass is 397 g/mol. The highest BCUT2D eigenvalue weighted by Crippen LogP contribution is 2.09. The van der Waals surface area contributed by atoms with Gasteiger partial charge in [-0.25, -0.2) is 9.59 Å². The summed E-state index contributed by atoms with van der Waals surface area (Å²) in [5.41, 5.74) is 0.00440. The van der Waals surface area contributed by atoms with Crippen molar-refractivity contribution in [3.05, 3.63) is 35.9 Å². The number of nitrogens with one attached hydrogen (secondary N) is 1. The predicted octanol–water partition coefficient (Wildman–Crippen LogP) is 1.93. The summed E-state index contributed by atoms with van der Waals surface area (Å²) in [5, 5.41) is 3.41. The molecule has 0 fully saturated rings. The zero-order chi connectivity index (χ0) is 20.7. The summed E-state index contributed by atoms with van der Waals surface area (Å²) in [4.78, 5) is 36.5. The normalized spacial score (nSPS) is 12.6. The number of Topliss-reactive ketones (excluding diaryl/α,β-unsaturated/α-hetero) is 1. The second-order valence-corrected chi connectivity index (χ2v) is 10.2. The van der Waals surface area contributed by atoms with E-state index in [1.807, 2.05) is 6.07 Å². The Kier molecular flexibility index (Phi) is 8.02. The Morgan fingerprint density at radius 2 is 1.74 bits per heavy atom. The molecular formula is C19H27NO6S. The van der Waals surface area contributed by atoms with Crippen molar-refractivity contribution in [2.45, 2.75) is 45.4 Å². The average molecular weight is 397 g/mol. The molecule has 0 saturated carbocycles. The average Bonchev–Trinajstić information content (AvgIpc) is 2.49. The molecule has 0 aromatic heterocycles. The minimum atomic E-state index is -2.43. The van der Waals surface area contributed by atoms with E-state index in [2.05, 4.69) is 5.32 Å². The van der Waals surface area contributed by atoms with Crippen LogP contribution in [0.2, 0.25) is 0 Å². The smallest absolute Gasteiger partial charge is 0.408 e. The third-order valence-corrected chi connectivity index (χ3v) is 3.85. The van der Waals surface area contributed by atoms with Gasteiger partial charge in [-0.3, -0.25) is 9.00 Å². The third-order valence-electron chi connectivity index (χ3n) is 3.02. The van der Waals surface area contributed by atoms with Gasteiger partial charge in [0.05, 0.1) is 0 Å². The SMILES string of the molecule is CC(C)(C)OC(=O)N[C@@H](CC(=O)C=S(C)(C)=O)C(=O)OCc1ccccc1. The van der Waals surface area contributed by atoms with E-state index < -0.39 is 39.0 Å². The summed E-state index contributed by atoms with van der Waals surface area (Å²) in [7, 11) is -2.43. The van der Waals surface area contributed by atoms with Gasteiger partial charge in [-0.2, -0.15) is 0 Å². The first-order chi connectivity index (χ1) is 12.4. The first-order valence-corrected chi connectivity index (χ1v) is 10.8. The molecule has 1 rings (SSSR count). The Morgan fingerprint density at radius 3 is 2.26 bits per heavy atom. The maximum absolute atomic E-state index is 12.4. The van der Waals surface area contributed by atoms with Crippen LogP contribution in [0.4, 0.5) is 4.79 Å². The predicted molar refractivity (Wildman–Crippen MR) is 105 cm³/mol. The lowest BCUT2D eigenvalue weighted by atomic mass is 10.1. The highest BCUT2D eigenvalue weighted by atomic mass is 32.2. The van der Waals surface area contributed by atoms with Crippen molar-refractivity contribution >= 4 is 32.7 Å². The molecule has 1 amide bonds. The minimum absolute atomic E-state index is 0.00236. The number of ether oxygens (including phenoxy) is 2. The van der Waals surface area contributed by atoms with Crippen LogP contribution in [-0.4, -0.2) is 51.6 Å². The Bertz CT molecular complexity index is 780. The maximum atomic E-state index is 12.4. The van der Waals surface area contributed by atoms with Crippen molar-refractivity contribution < 1.29 is 28.1 Å². The summed E-state index contributed by atoms with van der Waals surface area (Å²) in [6.45, 7) is 5.04. The molecule has 8 heteroatoms. The maximum Gasteiger partial charge on any atom is 0.408 e. The van der Waals surface area contributed by atoms with Crippen LogP contribution in [0.15, 0.2) is 30.3 Å². The van der Waals surface area contributed by atoms with E-state index in [-0.39, 0.29) is 13.0 Å². The molecule has 1 atom stereocenters. The van der Waals surface area contributed by atoms with Crippen LogP contribution in [0.5, 0.6) is 0 Å². The van der Waals surface area contributed by atoms with E-state index in [0.29, 0.717) is 0 Å². The molecule has 0 aliphatic rings. The molecule has 0 unspecified atom stereocenters. The van der Waals surface area contributed by atoms with Gasteiger partial charge < -0.3 is 14.8 Å². The van der Waals surface area contributed by atoms with E-state index in [1.165, 1.54) is 12.5 Å². The summed E-state index contributed by atoms with van der Waals surface area (Å²) in [5.74, 6) is -1.30. The zero-order valence-corrected chi connectivity index (χ0v) is 17.1. The van der Waals surface area contributed by atoms with Gasteiger partial charge in [-0.15, -0.1) is 0 Å². The number of alkyl carbamates (subject to hydrolysis) is 1. The molecule has 0 radical (unpaired) electrons. The Morgan fingerprint density at radius 1 is 1.15 bits per heavy atom. The second kappa shape index (κ2) is 9.55. The molecule has 1 N–H and O–H groups in total. The standard InChI is InChI=1S/C19H27NO6S/c1-19(2,3)26-18(23)20-16(11-15(21)13-27(4,5)24)17(22)25-12-14-9-7-6-8-10-14/h6-10,13,16H,11-12H2,1-5H3,(H,20,23)/t16-/m0/s1. The quantitative estimate of drug-likeness (QED) is 0.558. The van der Waals surface area contributed by atoms with Crippen LogP contribution in [-0.2, 0) is 35.2 Å². The Balaban J connectivity index is 2.85. The number of hydrogen-bond acceptors (Lipinski definition) is 6. The fourth-order valence-electron chi connectivity index (χ4n) is 2.04. The van der Waals surface area contributed by atoms with E-state index >= 15 is 0 Å². The van der Waals surface area contributed by atoms with Gasteiger partial charge >= 0.3 is 12.1 Å². The van der Waals surface area contributed by atoms with Gasteiger partial charge in [-0.1, -0.05) is 30.3 Å². The molecule has 0 spiro atoms. The summed E-state index contributed by atoms with van der Waals surface area (Å²) in [6.07, 6.45) is 1.61. The van der Waals surface area contributed by atoms with Crippen molar-refractivity contribution in [2.24, 2.45) is 0 Å². The van der Waals surface area contributed by atoms with Crippen LogP contribution in [0.3, 0.4) is 0 Å². The van der Waals surface area contributed by atoms with Crippen LogP contribution in [0.1, 0.15) is 32.8 Å². The number of esters is 1. The summed E-state index contributed by atoms with van der Waals surface area (Å²) >= 11 is 0. The lowest BCUT2D eigenvalue weighted by Gasteiger charge is -2.22. The van der Waals surface area contributed by atoms with Crippen LogP contribution in [0.25, 0.3) is 0 Å². The number of carbonyl (C=O) groups is 3. The molecule has 0 heterocycles. The molecule has 150 valence electrons. The molecule has 7 nitrogen and oxygen atoms in total. The molecule has 1 aromatic carbocycles. The first kappa shape index (κ1) is 22.7. The molecular weight excluding hydrogens is 370 g/mol. The summed E-state index contributed by atoms with van der Waals surface area (Å²) < 4.78 is 22.1. The number of benzene rings is 1. The fraction of sp³-hybridized carbons (Fsp3) is 0.474. The van der Waals surface area contributed by atoms with Crippen LogP contribution >= 0.6 is 0 Å². The Hall–Kier alpha value is -2.35. The first-order valence-electron chi connectivity index (χ1n) is 8.37. The molecule has 0 aliphatic carbocycles. The topological polar surface area (TPSA) is 98.8 Å². The van der Waals surface area contributed by atoms with Crippen molar-refractivity contribution in [2.75, 3.05) is 12.5 Å². The third kappa shape index (κ3) is 10.4. The van der Waals surface area contributed by atoms with Gasteiger partial charge in [0.25, 0.3) is 0 Å². The van der Waals surface area contributed by atoms with E-state index in [9.17, 15) is 18.6 Å². The number of hydrogen-bond donors (Lipinski definition) is 1. The highest BCUT2D eigenvalue weighted by Gasteiger charge is 2.27. The van der Waals surface area contributed by atoms with E-state index in [1.54, 1.807) is 45.0 Å². The van der Waals surface area contributed by atoms with Crippen LogP contribution < -0.4 is 5.32 Å². The lowest BCUT2D eigenvalue weighted by molar-refractivity contribution is -0.148. The van der Waals surface area contributed by atoms with Crippen molar-refractivity contribution in [1.82, 2.24) is 5.32 Å². The van der Waals surface area contributed by atoms with Crippen molar-refractivity contribution in [1.29, 1.82) is 0 Å². The van der Waals surface area contributed by atoms with Crippen molar-refractivity contribution in [3.63, 3.8) is 0 Å². The second-order valence-electron chi connectivity index (χ2n) is 7.39. The largest absolute Gasteiger partial charge is 0.459 e. The number of amides is 1. The number of carbonyl (C=O) groups excluding carboxylic acids is 3. The zero-order valence-electron chi connectivity index (χ0n) is 16.3. The van der Waals surface area contributed by atoms with Gasteiger partial charge in [-0.05, 0) is 35.9 Å². The summed E-state index contributed by atoms with van der Waals surface area (Å²) in [6, 6.07) is 7.76. The molecule has 27 heavy (non-hydrogen) atoms. The van der Waals surface area contributed by atoms with Crippen LogP contribution in [0, 0.1) is 0 Å². The lowest BCUT2D eigenvalue weighted by Crippen LogP contribution is -2.45. The van der Waals surface area contributed by atoms with Crippen molar-refractivity contribution in [3.8, 4) is 0 Å². The van der Waals surface area contributed by atoms with E-state index in [0.717, 1.165) is 10.9 Å². The highest BCUT2D eigenvalue weighted by molar-refractivity contribution is 8.01. The van der Waals surface area contributed by atoms with Gasteiger partial charge in [0.15, 0.2) is 5.78 Å². The van der Waals surface area contributed by atoms with Gasteiger partial charge in [0.2, 0.25) is 0 Å². The minimum Gasteiger partial charge on any atom is -0.459 e. The Labute approximate surface area is 160 Å². The molecule has 1 aromatic rings.